The lowest BCUT2D eigenvalue weighted by atomic mass is 9.83. The first-order valence-electron chi connectivity index (χ1n) is 9.54. The number of aromatic hydroxyl groups is 1. The van der Waals surface area contributed by atoms with E-state index < -0.39 is 0 Å². The number of carbonyl (C=O) groups is 2. The lowest BCUT2D eigenvalue weighted by Gasteiger charge is -2.40. The summed E-state index contributed by atoms with van der Waals surface area (Å²) in [6, 6.07) is 5.04. The summed E-state index contributed by atoms with van der Waals surface area (Å²) < 4.78 is 5.12. The first-order chi connectivity index (χ1) is 12.6. The maximum atomic E-state index is 13.0. The highest BCUT2D eigenvalue weighted by Gasteiger charge is 2.43. The quantitative estimate of drug-likeness (QED) is 0.896. The third-order valence-corrected chi connectivity index (χ3v) is 6.21. The second-order valence-corrected chi connectivity index (χ2v) is 7.78. The van der Waals surface area contributed by atoms with E-state index in [4.69, 9.17) is 4.74 Å². The van der Waals surface area contributed by atoms with E-state index in [-0.39, 0.29) is 40.8 Å². The van der Waals surface area contributed by atoms with Gasteiger partial charge in [-0.05, 0) is 43.7 Å². The third kappa shape index (κ3) is 2.91. The molecule has 6 heteroatoms. The summed E-state index contributed by atoms with van der Waals surface area (Å²) in [4.78, 5) is 29.7. The van der Waals surface area contributed by atoms with Gasteiger partial charge in [0.2, 0.25) is 5.91 Å². The fourth-order valence-corrected chi connectivity index (χ4v) is 4.43. The van der Waals surface area contributed by atoms with Crippen LogP contribution in [-0.4, -0.2) is 59.5 Å². The highest BCUT2D eigenvalue weighted by atomic mass is 16.5. The average molecular weight is 358 g/mol. The molecule has 2 bridgehead atoms. The normalized spacial score (nSPS) is 25.8. The number of methoxy groups -OCH3 is 1. The Labute approximate surface area is 153 Å². The number of ether oxygens (including phenoxy) is 1. The van der Waals surface area contributed by atoms with E-state index in [0.29, 0.717) is 19.0 Å². The Bertz CT molecular complexity index is 716. The summed E-state index contributed by atoms with van der Waals surface area (Å²) in [5.41, 5.74) is 0.239. The van der Waals surface area contributed by atoms with E-state index in [1.165, 1.54) is 26.4 Å². The third-order valence-electron chi connectivity index (χ3n) is 6.21. The minimum atomic E-state index is -0.225. The fourth-order valence-electron chi connectivity index (χ4n) is 4.43. The van der Waals surface area contributed by atoms with Crippen molar-refractivity contribution in [2.75, 3.05) is 26.7 Å². The maximum Gasteiger partial charge on any atom is 0.257 e. The number of piperidine rings is 1. The van der Waals surface area contributed by atoms with E-state index >= 15 is 0 Å². The van der Waals surface area contributed by atoms with Crippen molar-refractivity contribution in [1.29, 1.82) is 0 Å². The number of hydrogen-bond acceptors (Lipinski definition) is 4. The first-order valence-corrected chi connectivity index (χ1v) is 9.54. The molecule has 6 nitrogen and oxygen atoms in total. The van der Waals surface area contributed by atoms with E-state index in [9.17, 15) is 14.7 Å². The number of nitrogens with zero attached hydrogens (tertiary/aromatic N) is 2. The summed E-state index contributed by atoms with van der Waals surface area (Å²) in [5.74, 6) is 0.649. The molecule has 0 aromatic heterocycles. The largest absolute Gasteiger partial charge is 0.504 e. The second kappa shape index (κ2) is 6.82. The number of phenols is 1. The van der Waals surface area contributed by atoms with Crippen molar-refractivity contribution < 1.29 is 19.4 Å². The molecule has 1 aromatic rings. The van der Waals surface area contributed by atoms with Gasteiger partial charge in [-0.25, -0.2) is 0 Å². The molecular formula is C20H26N2O4. The van der Waals surface area contributed by atoms with Crippen molar-refractivity contribution in [1.82, 2.24) is 9.80 Å². The van der Waals surface area contributed by atoms with Crippen LogP contribution in [0.25, 0.3) is 0 Å². The SMILES string of the molecule is COc1cccc(C(=O)N2C[C@H]3CC[C@@H](C2)N(CC2CCC2)C3=O)c1O. The summed E-state index contributed by atoms with van der Waals surface area (Å²) in [7, 11) is 1.46. The molecule has 26 heavy (non-hydrogen) atoms. The van der Waals surface area contributed by atoms with Gasteiger partial charge in [-0.2, -0.15) is 0 Å². The van der Waals surface area contributed by atoms with E-state index in [0.717, 1.165) is 19.4 Å². The topological polar surface area (TPSA) is 70.1 Å². The molecule has 4 aliphatic rings. The molecule has 1 saturated carbocycles. The summed E-state index contributed by atoms with van der Waals surface area (Å²) in [5, 5.41) is 10.3. The van der Waals surface area contributed by atoms with Crippen LogP contribution in [0.1, 0.15) is 42.5 Å². The van der Waals surface area contributed by atoms with Crippen LogP contribution < -0.4 is 4.74 Å². The number of carbonyl (C=O) groups excluding carboxylic acids is 2. The van der Waals surface area contributed by atoms with Gasteiger partial charge >= 0.3 is 0 Å². The van der Waals surface area contributed by atoms with Gasteiger partial charge in [0.25, 0.3) is 5.91 Å². The molecule has 1 N–H and O–H groups in total. The number of rotatable bonds is 4. The monoisotopic (exact) mass is 358 g/mol. The predicted molar refractivity (Wildman–Crippen MR) is 96.1 cm³/mol. The minimum absolute atomic E-state index is 0.0959. The van der Waals surface area contributed by atoms with Crippen LogP contribution in [-0.2, 0) is 4.79 Å². The van der Waals surface area contributed by atoms with Crippen LogP contribution in [0.15, 0.2) is 18.2 Å². The standard InChI is InChI=1S/C20H26N2O4/c1-26-17-7-3-6-16(18(17)23)20(25)21-11-14-8-9-15(12-21)22(19(14)24)10-13-4-2-5-13/h3,6-7,13-15,23H,2,4-5,8-12H2,1H3/t14-,15+/m1/s1. The summed E-state index contributed by atoms with van der Waals surface area (Å²) in [6.07, 6.45) is 5.49. The Morgan fingerprint density at radius 2 is 2.04 bits per heavy atom. The lowest BCUT2D eigenvalue weighted by Crippen LogP contribution is -2.50. The number of para-hydroxylation sites is 1. The second-order valence-electron chi connectivity index (χ2n) is 7.78. The van der Waals surface area contributed by atoms with Crippen molar-refractivity contribution in [3.63, 3.8) is 0 Å². The van der Waals surface area contributed by atoms with Gasteiger partial charge in [0.15, 0.2) is 11.5 Å². The van der Waals surface area contributed by atoms with Gasteiger partial charge < -0.3 is 19.6 Å². The zero-order valence-electron chi connectivity index (χ0n) is 15.2. The molecule has 0 spiro atoms. The number of benzene rings is 1. The van der Waals surface area contributed by atoms with Crippen molar-refractivity contribution >= 4 is 11.8 Å². The van der Waals surface area contributed by atoms with Gasteiger partial charge in [0.05, 0.1) is 18.6 Å². The number of phenolic OH excluding ortho intramolecular Hbond substituents is 1. The molecule has 0 radical (unpaired) electrons. The zero-order chi connectivity index (χ0) is 18.3. The number of amides is 2. The Morgan fingerprint density at radius 3 is 2.73 bits per heavy atom. The van der Waals surface area contributed by atoms with E-state index in [1.54, 1.807) is 23.1 Å². The van der Waals surface area contributed by atoms with E-state index in [2.05, 4.69) is 0 Å². The fraction of sp³-hybridized carbons (Fsp3) is 0.600. The van der Waals surface area contributed by atoms with Crippen LogP contribution in [0.5, 0.6) is 11.5 Å². The first kappa shape index (κ1) is 17.2. The molecule has 3 saturated heterocycles. The molecule has 3 heterocycles. The lowest BCUT2D eigenvalue weighted by molar-refractivity contribution is -0.141. The van der Waals surface area contributed by atoms with Crippen molar-refractivity contribution in [3.8, 4) is 11.5 Å². The van der Waals surface area contributed by atoms with Crippen LogP contribution in [0, 0.1) is 11.8 Å². The van der Waals surface area contributed by atoms with Crippen LogP contribution in [0.3, 0.4) is 0 Å². The van der Waals surface area contributed by atoms with Gasteiger partial charge in [-0.15, -0.1) is 0 Å². The minimum Gasteiger partial charge on any atom is -0.504 e. The van der Waals surface area contributed by atoms with Gasteiger partial charge in [-0.3, -0.25) is 9.59 Å². The number of fused-ring (bicyclic) bond motifs is 4. The molecule has 3 aliphatic heterocycles. The van der Waals surface area contributed by atoms with Gasteiger partial charge in [-0.1, -0.05) is 12.5 Å². The average Bonchev–Trinajstić information content (AvgIpc) is 2.89. The van der Waals surface area contributed by atoms with Crippen molar-refractivity contribution in [3.05, 3.63) is 23.8 Å². The highest BCUT2D eigenvalue weighted by molar-refractivity contribution is 5.98. The molecule has 1 aromatic carbocycles. The number of hydrogen-bond donors (Lipinski definition) is 1. The Kier molecular flexibility index (Phi) is 4.51. The van der Waals surface area contributed by atoms with Crippen molar-refractivity contribution in [2.45, 2.75) is 38.1 Å². The van der Waals surface area contributed by atoms with Crippen LogP contribution in [0.4, 0.5) is 0 Å². The van der Waals surface area contributed by atoms with Gasteiger partial charge in [0.1, 0.15) is 0 Å². The van der Waals surface area contributed by atoms with Gasteiger partial charge in [0, 0.05) is 25.7 Å². The summed E-state index contributed by atoms with van der Waals surface area (Å²) in [6.45, 7) is 1.82. The zero-order valence-corrected chi connectivity index (χ0v) is 15.2. The van der Waals surface area contributed by atoms with E-state index in [1.807, 2.05) is 4.90 Å². The van der Waals surface area contributed by atoms with Crippen molar-refractivity contribution in [2.24, 2.45) is 11.8 Å². The molecule has 0 unspecified atom stereocenters. The Balaban J connectivity index is 1.55. The predicted octanol–water partition coefficient (Wildman–Crippen LogP) is 2.26. The molecule has 1 aliphatic carbocycles. The maximum absolute atomic E-state index is 13.0. The summed E-state index contributed by atoms with van der Waals surface area (Å²) >= 11 is 0. The smallest absolute Gasteiger partial charge is 0.257 e. The molecule has 2 atom stereocenters. The molecule has 5 rings (SSSR count). The molecule has 2 amide bonds. The van der Waals surface area contributed by atoms with Crippen LogP contribution in [0.2, 0.25) is 0 Å². The Hall–Kier alpha value is -2.24. The molecular weight excluding hydrogens is 332 g/mol. The molecule has 140 valence electrons. The van der Waals surface area contributed by atoms with Crippen LogP contribution >= 0.6 is 0 Å². The molecule has 4 fully saturated rings. The Morgan fingerprint density at radius 1 is 1.23 bits per heavy atom. The highest BCUT2D eigenvalue weighted by Crippen LogP contribution is 2.36.